The molecule has 6 amide bonds. The molecule has 0 aromatic heterocycles. The molecule has 9 rings (SSSR count). The van der Waals surface area contributed by atoms with Gasteiger partial charge in [0.1, 0.15) is 24.2 Å². The number of benzene rings is 3. The van der Waals surface area contributed by atoms with Gasteiger partial charge in [-0.3, -0.25) is 43.9 Å². The van der Waals surface area contributed by atoms with Crippen LogP contribution in [0.2, 0.25) is 0 Å². The summed E-state index contributed by atoms with van der Waals surface area (Å²) in [5, 5.41) is 5.09. The van der Waals surface area contributed by atoms with Gasteiger partial charge in [-0.15, -0.1) is 0 Å². The molecule has 358 valence electrons. The van der Waals surface area contributed by atoms with Crippen LogP contribution < -0.4 is 42.4 Å². The zero-order valence-electron chi connectivity index (χ0n) is 38.5. The number of piperazine rings is 2. The number of hydrogen-bond donors (Lipinski definition) is 5. The van der Waals surface area contributed by atoms with Crippen LogP contribution in [0.3, 0.4) is 0 Å². The van der Waals surface area contributed by atoms with Gasteiger partial charge >= 0.3 is 0 Å². The lowest BCUT2D eigenvalue weighted by atomic mass is 9.94. The van der Waals surface area contributed by atoms with Crippen LogP contribution in [0.5, 0.6) is 5.75 Å². The van der Waals surface area contributed by atoms with E-state index in [4.69, 9.17) is 21.9 Å². The first-order valence-electron chi connectivity index (χ1n) is 23.8. The molecule has 18 nitrogen and oxygen atoms in total. The van der Waals surface area contributed by atoms with Crippen LogP contribution in [0.25, 0.3) is 5.70 Å². The Kier molecular flexibility index (Phi) is 13.3. The van der Waals surface area contributed by atoms with Crippen LogP contribution in [0.15, 0.2) is 84.3 Å². The highest BCUT2D eigenvalue weighted by molar-refractivity contribution is 6.25. The van der Waals surface area contributed by atoms with Crippen molar-refractivity contribution in [2.24, 2.45) is 23.1 Å². The molecule has 6 heterocycles. The zero-order chi connectivity index (χ0) is 47.6. The van der Waals surface area contributed by atoms with E-state index in [0.29, 0.717) is 70.1 Å². The first-order valence-corrected chi connectivity index (χ1v) is 23.8. The molecule has 68 heavy (non-hydrogen) atoms. The molecule has 2 bridgehead atoms. The van der Waals surface area contributed by atoms with E-state index in [0.717, 1.165) is 65.6 Å². The summed E-state index contributed by atoms with van der Waals surface area (Å²) in [7, 11) is 0. The highest BCUT2D eigenvalue weighted by Gasteiger charge is 2.46. The van der Waals surface area contributed by atoms with E-state index in [1.54, 1.807) is 23.1 Å². The van der Waals surface area contributed by atoms with Gasteiger partial charge in [-0.1, -0.05) is 36.4 Å². The molecule has 6 aliphatic rings. The topological polar surface area (TPSA) is 233 Å². The second-order valence-corrected chi connectivity index (χ2v) is 18.6. The summed E-state index contributed by atoms with van der Waals surface area (Å²) < 4.78 is 6.28. The maximum Gasteiger partial charge on any atom is 0.264 e. The molecular formula is C50H61N11O7. The van der Waals surface area contributed by atoms with Crippen molar-refractivity contribution in [1.29, 1.82) is 0 Å². The number of fused-ring (bicyclic) bond motifs is 3. The normalized spacial score (nSPS) is 22.3. The largest absolute Gasteiger partial charge is 0.492 e. The number of nitrogens with two attached hydrogens (primary N) is 3. The van der Waals surface area contributed by atoms with Crippen LogP contribution in [0.4, 0.5) is 11.4 Å². The quantitative estimate of drug-likeness (QED) is 0.121. The third-order valence-corrected chi connectivity index (χ3v) is 14.5. The van der Waals surface area contributed by atoms with Crippen molar-refractivity contribution in [3.05, 3.63) is 107 Å². The standard InChI is InChI=1S/C50H61N11O7/c1-31-6-2-3-9-37(31)39(51)27-42(46(52)53)59-29-34-12-13-35(30-59)60(34)33-7-4-8-36(26-33)68-25-24-56-20-22-58(23-21-56)44(63)28-54-47(64)32-16-18-57(19-17-32)40-11-5-10-38-45(40)50(67)61(49(38)66)41-14-15-43(62)55-48(41)65/h2-11,26-27,32,34-35,41H,12-25,28-30,51-53H2,1H3,(H,54,64)(H,55,62,65)/b39-27-. The summed E-state index contributed by atoms with van der Waals surface area (Å²) in [4.78, 5) is 89.5. The average molecular weight is 928 g/mol. The van der Waals surface area contributed by atoms with Crippen molar-refractivity contribution in [3.8, 4) is 5.75 Å². The number of nitrogens with zero attached hydrogens (tertiary/aromatic N) is 6. The molecule has 8 N–H and O–H groups in total. The Morgan fingerprint density at radius 3 is 2.24 bits per heavy atom. The van der Waals surface area contributed by atoms with E-state index in [9.17, 15) is 28.8 Å². The highest BCUT2D eigenvalue weighted by atomic mass is 16.5. The molecule has 5 saturated heterocycles. The molecule has 0 aliphatic carbocycles. The summed E-state index contributed by atoms with van der Waals surface area (Å²) in [5.74, 6) is -1.74. The maximum absolute atomic E-state index is 13.6. The van der Waals surface area contributed by atoms with Gasteiger partial charge in [0.25, 0.3) is 11.8 Å². The number of nitrogens with one attached hydrogen (secondary N) is 2. The summed E-state index contributed by atoms with van der Waals surface area (Å²) in [6.07, 6.45) is 5.16. The van der Waals surface area contributed by atoms with Gasteiger partial charge in [0.15, 0.2) is 0 Å². The third-order valence-electron chi connectivity index (χ3n) is 14.5. The molecule has 3 atom stereocenters. The number of imide groups is 2. The summed E-state index contributed by atoms with van der Waals surface area (Å²) in [6, 6.07) is 20.9. The number of amides is 6. The minimum Gasteiger partial charge on any atom is -0.492 e. The van der Waals surface area contributed by atoms with E-state index >= 15 is 0 Å². The van der Waals surface area contributed by atoms with Gasteiger partial charge in [-0.05, 0) is 74.9 Å². The number of ether oxygens (including phenoxy) is 1. The Hall–Kier alpha value is -7.08. The monoisotopic (exact) mass is 927 g/mol. The van der Waals surface area contributed by atoms with Crippen LogP contribution in [0, 0.1) is 12.8 Å². The van der Waals surface area contributed by atoms with Crippen molar-refractivity contribution in [2.45, 2.75) is 63.6 Å². The molecule has 18 heteroatoms. The van der Waals surface area contributed by atoms with Gasteiger partial charge in [-0.25, -0.2) is 0 Å². The second kappa shape index (κ2) is 19.6. The Morgan fingerprint density at radius 1 is 0.809 bits per heavy atom. The summed E-state index contributed by atoms with van der Waals surface area (Å²) in [6.45, 7) is 8.19. The first-order chi connectivity index (χ1) is 32.8. The molecule has 5 fully saturated rings. The fourth-order valence-electron chi connectivity index (χ4n) is 10.8. The number of anilines is 2. The molecule has 0 saturated carbocycles. The van der Waals surface area contributed by atoms with Crippen molar-refractivity contribution in [2.75, 3.05) is 81.9 Å². The number of likely N-dealkylation sites (tertiary alicyclic amines) is 1. The lowest BCUT2D eigenvalue weighted by molar-refractivity contribution is -0.136. The summed E-state index contributed by atoms with van der Waals surface area (Å²) >= 11 is 0. The Balaban J connectivity index is 0.695. The lowest BCUT2D eigenvalue weighted by Crippen LogP contribution is -2.54. The summed E-state index contributed by atoms with van der Waals surface area (Å²) in [5.41, 5.74) is 24.7. The Labute approximate surface area is 396 Å². The smallest absolute Gasteiger partial charge is 0.264 e. The molecular weight excluding hydrogens is 867 g/mol. The number of allylic oxidation sites excluding steroid dienone is 1. The predicted molar refractivity (Wildman–Crippen MR) is 256 cm³/mol. The van der Waals surface area contributed by atoms with E-state index in [1.807, 2.05) is 54.3 Å². The molecule has 3 aromatic rings. The molecule has 0 spiro atoms. The molecule has 0 radical (unpaired) electrons. The lowest BCUT2D eigenvalue weighted by Gasteiger charge is -2.44. The fraction of sp³-hybridized carbons (Fsp3) is 0.440. The van der Waals surface area contributed by atoms with Crippen molar-refractivity contribution in [1.82, 2.24) is 30.2 Å². The van der Waals surface area contributed by atoms with Crippen LogP contribution in [-0.2, 0) is 19.2 Å². The van der Waals surface area contributed by atoms with Crippen molar-refractivity contribution in [3.63, 3.8) is 0 Å². The van der Waals surface area contributed by atoms with Gasteiger partial charge < -0.3 is 46.9 Å². The number of hydrogen-bond acceptors (Lipinski definition) is 14. The number of aryl methyl sites for hydroxylation is 1. The number of carbonyl (C=O) groups is 6. The van der Waals surface area contributed by atoms with Crippen LogP contribution in [-0.4, -0.2) is 145 Å². The van der Waals surface area contributed by atoms with E-state index < -0.39 is 29.7 Å². The second-order valence-electron chi connectivity index (χ2n) is 18.6. The molecule has 3 aromatic carbocycles. The SMILES string of the molecule is Cc1ccccc1/C(N)=C/C(=C(N)N)N1CC2CCC(C1)N2c1cccc(OCCN2CCN(C(=O)CNC(=O)C3CCN(c4cccc5c4C(=O)N(C4CCC(=O)NC4=O)C5=O)CC3)CC2)c1. The maximum atomic E-state index is 13.6. The average Bonchev–Trinajstić information content (AvgIpc) is 3.76. The Morgan fingerprint density at radius 2 is 1.53 bits per heavy atom. The minimum atomic E-state index is -1.05. The highest BCUT2D eigenvalue weighted by Crippen LogP contribution is 2.39. The van der Waals surface area contributed by atoms with E-state index in [2.05, 4.69) is 37.5 Å². The fourth-order valence-corrected chi connectivity index (χ4v) is 10.8. The van der Waals surface area contributed by atoms with Crippen LogP contribution >= 0.6 is 0 Å². The van der Waals surface area contributed by atoms with Gasteiger partial charge in [0, 0.05) is 106 Å². The number of carbonyl (C=O) groups excluding carboxylic acids is 6. The number of rotatable bonds is 13. The molecule has 6 aliphatic heterocycles. The van der Waals surface area contributed by atoms with Gasteiger partial charge in [0.05, 0.1) is 29.1 Å². The first kappa shape index (κ1) is 46.0. The van der Waals surface area contributed by atoms with Crippen molar-refractivity contribution < 1.29 is 33.5 Å². The van der Waals surface area contributed by atoms with Crippen LogP contribution in [0.1, 0.15) is 70.4 Å². The predicted octanol–water partition coefficient (Wildman–Crippen LogP) is 1.69. The molecule has 3 unspecified atom stereocenters. The number of piperidine rings is 2. The van der Waals surface area contributed by atoms with Gasteiger partial charge in [0.2, 0.25) is 23.6 Å². The van der Waals surface area contributed by atoms with E-state index in [-0.39, 0.29) is 66.2 Å². The minimum absolute atomic E-state index is 0.0445. The Bertz CT molecular complexity index is 2530. The van der Waals surface area contributed by atoms with Gasteiger partial charge in [-0.2, -0.15) is 0 Å². The van der Waals surface area contributed by atoms with E-state index in [1.165, 1.54) is 0 Å². The zero-order valence-corrected chi connectivity index (χ0v) is 38.5. The third kappa shape index (κ3) is 9.41. The van der Waals surface area contributed by atoms with Crippen molar-refractivity contribution >= 4 is 52.5 Å².